The predicted octanol–water partition coefficient (Wildman–Crippen LogP) is 2.62. The molecule has 10 nitrogen and oxygen atoms in total. The highest BCUT2D eigenvalue weighted by atomic mass is 35.5. The number of anilines is 2. The number of rotatable bonds is 6. The fourth-order valence-electron chi connectivity index (χ4n) is 3.48. The standard InChI is InChI=1S/C20H27ClN6O2.C2HF3O2/c1-12-18(21)26-19(25-15-7-5-14(23)6-8-15)20(29)27(12)11-17(28)24-16-4-2-3-13(9-16)10-22;3-2(4,5)1(6)7/h2-4,9,14-15H,5-8,10-11,22-23H2,1H3,(H,24,28)(H,25,26);(H,6,7). The van der Waals surface area contributed by atoms with Crippen LogP contribution in [0.4, 0.5) is 24.7 Å². The van der Waals surface area contributed by atoms with Crippen LogP contribution in [0.3, 0.4) is 0 Å². The molecule has 36 heavy (non-hydrogen) atoms. The maximum absolute atomic E-state index is 12.9. The Morgan fingerprint density at radius 1 is 1.25 bits per heavy atom. The summed E-state index contributed by atoms with van der Waals surface area (Å²) in [4.78, 5) is 38.6. The van der Waals surface area contributed by atoms with Gasteiger partial charge in [0.2, 0.25) is 5.91 Å². The topological polar surface area (TPSA) is 165 Å². The van der Waals surface area contributed by atoms with Crippen molar-refractivity contribution < 1.29 is 27.9 Å². The van der Waals surface area contributed by atoms with Crippen LogP contribution in [0.15, 0.2) is 29.1 Å². The van der Waals surface area contributed by atoms with Crippen LogP contribution in [0.2, 0.25) is 5.15 Å². The van der Waals surface area contributed by atoms with E-state index in [-0.39, 0.29) is 41.1 Å². The number of carbonyl (C=O) groups excluding carboxylic acids is 1. The van der Waals surface area contributed by atoms with Crippen LogP contribution in [0.5, 0.6) is 0 Å². The van der Waals surface area contributed by atoms with Crippen LogP contribution in [-0.4, -0.2) is 44.8 Å². The number of carbonyl (C=O) groups is 2. The van der Waals surface area contributed by atoms with E-state index in [1.165, 1.54) is 4.57 Å². The lowest BCUT2D eigenvalue weighted by Gasteiger charge is -2.27. The number of nitrogens with zero attached hydrogens (tertiary/aromatic N) is 2. The van der Waals surface area contributed by atoms with Crippen molar-refractivity contribution in [2.45, 2.75) is 64.0 Å². The fourth-order valence-corrected chi connectivity index (χ4v) is 3.67. The number of carboxylic acids is 1. The summed E-state index contributed by atoms with van der Waals surface area (Å²) < 4.78 is 33.1. The summed E-state index contributed by atoms with van der Waals surface area (Å²) >= 11 is 6.24. The predicted molar refractivity (Wildman–Crippen MR) is 129 cm³/mol. The van der Waals surface area contributed by atoms with Crippen LogP contribution in [0, 0.1) is 6.92 Å². The van der Waals surface area contributed by atoms with Crippen LogP contribution < -0.4 is 27.7 Å². The highest BCUT2D eigenvalue weighted by molar-refractivity contribution is 6.30. The molecule has 1 saturated carbocycles. The zero-order chi connectivity index (χ0) is 27.0. The number of aliphatic carboxylic acids is 1. The third-order valence-electron chi connectivity index (χ3n) is 5.46. The number of nitrogens with one attached hydrogen (secondary N) is 2. The number of hydrogen-bond donors (Lipinski definition) is 5. The van der Waals surface area contributed by atoms with E-state index >= 15 is 0 Å². The van der Waals surface area contributed by atoms with Crippen molar-refractivity contribution in [2.75, 3.05) is 10.6 Å². The fraction of sp³-hybridized carbons (Fsp3) is 0.455. The molecule has 14 heteroatoms. The van der Waals surface area contributed by atoms with Crippen molar-refractivity contribution >= 4 is 35.0 Å². The molecule has 1 amide bonds. The van der Waals surface area contributed by atoms with Gasteiger partial charge in [0.25, 0.3) is 5.56 Å². The molecule has 2 aromatic rings. The summed E-state index contributed by atoms with van der Waals surface area (Å²) in [7, 11) is 0. The van der Waals surface area contributed by atoms with E-state index in [4.69, 9.17) is 33.0 Å². The Morgan fingerprint density at radius 3 is 2.42 bits per heavy atom. The van der Waals surface area contributed by atoms with Crippen molar-refractivity contribution in [1.29, 1.82) is 0 Å². The van der Waals surface area contributed by atoms with Crippen molar-refractivity contribution in [3.8, 4) is 0 Å². The molecule has 1 heterocycles. The smallest absolute Gasteiger partial charge is 0.475 e. The Labute approximate surface area is 209 Å². The van der Waals surface area contributed by atoms with E-state index in [0.717, 1.165) is 31.2 Å². The van der Waals surface area contributed by atoms with Crippen molar-refractivity contribution in [2.24, 2.45) is 11.5 Å². The molecule has 1 aromatic carbocycles. The molecular formula is C22H28ClF3N6O4. The van der Waals surface area contributed by atoms with Gasteiger partial charge in [-0.1, -0.05) is 23.7 Å². The van der Waals surface area contributed by atoms with Crippen LogP contribution in [0.25, 0.3) is 0 Å². The van der Waals surface area contributed by atoms with Gasteiger partial charge in [-0.2, -0.15) is 13.2 Å². The van der Waals surface area contributed by atoms with Crippen molar-refractivity contribution in [1.82, 2.24) is 9.55 Å². The van der Waals surface area contributed by atoms with Gasteiger partial charge >= 0.3 is 12.1 Å². The van der Waals surface area contributed by atoms with Gasteiger partial charge in [-0.15, -0.1) is 0 Å². The lowest BCUT2D eigenvalue weighted by molar-refractivity contribution is -0.192. The van der Waals surface area contributed by atoms with Crippen LogP contribution in [-0.2, 0) is 22.7 Å². The summed E-state index contributed by atoms with van der Waals surface area (Å²) in [5, 5.41) is 13.3. The average Bonchev–Trinajstić information content (AvgIpc) is 2.81. The maximum Gasteiger partial charge on any atom is 0.490 e. The number of aromatic nitrogens is 2. The zero-order valence-corrected chi connectivity index (χ0v) is 20.2. The summed E-state index contributed by atoms with van der Waals surface area (Å²) in [6, 6.07) is 7.59. The van der Waals surface area contributed by atoms with E-state index in [2.05, 4.69) is 15.6 Å². The molecule has 1 aliphatic carbocycles. The quantitative estimate of drug-likeness (QED) is 0.378. The molecule has 0 aliphatic heterocycles. The number of halogens is 4. The van der Waals surface area contributed by atoms with Gasteiger partial charge in [0.05, 0.1) is 5.69 Å². The maximum atomic E-state index is 12.9. The third-order valence-corrected chi connectivity index (χ3v) is 5.82. The SMILES string of the molecule is Cc1c(Cl)nc(NC2CCC(N)CC2)c(=O)n1CC(=O)Nc1cccc(CN)c1.O=C(O)C(F)(F)F. The van der Waals surface area contributed by atoms with Crippen molar-refractivity contribution in [3.63, 3.8) is 0 Å². The molecular weight excluding hydrogens is 505 g/mol. The lowest BCUT2D eigenvalue weighted by atomic mass is 9.92. The van der Waals surface area contributed by atoms with Gasteiger partial charge in [0.1, 0.15) is 6.54 Å². The first kappa shape index (κ1) is 29.1. The Kier molecular flexibility index (Phi) is 10.3. The van der Waals surface area contributed by atoms with E-state index in [9.17, 15) is 22.8 Å². The summed E-state index contributed by atoms with van der Waals surface area (Å²) in [6.07, 6.45) is -1.55. The molecule has 198 valence electrons. The number of amides is 1. The second-order valence-electron chi connectivity index (χ2n) is 8.24. The minimum absolute atomic E-state index is 0.120. The van der Waals surface area contributed by atoms with E-state index in [1.807, 2.05) is 12.1 Å². The molecule has 0 atom stereocenters. The summed E-state index contributed by atoms with van der Waals surface area (Å²) in [5.74, 6) is -2.92. The Hall–Kier alpha value is -3.16. The van der Waals surface area contributed by atoms with Gasteiger partial charge in [-0.3, -0.25) is 14.2 Å². The minimum Gasteiger partial charge on any atom is -0.475 e. The third kappa shape index (κ3) is 8.50. The summed E-state index contributed by atoms with van der Waals surface area (Å²) in [5.41, 5.74) is 13.2. The molecule has 1 aliphatic rings. The van der Waals surface area contributed by atoms with Crippen LogP contribution in [0.1, 0.15) is 36.9 Å². The number of hydrogen-bond acceptors (Lipinski definition) is 7. The highest BCUT2D eigenvalue weighted by Crippen LogP contribution is 2.21. The first-order chi connectivity index (χ1) is 16.8. The van der Waals surface area contributed by atoms with E-state index in [1.54, 1.807) is 19.1 Å². The van der Waals surface area contributed by atoms with Crippen molar-refractivity contribution in [3.05, 3.63) is 51.0 Å². The average molecular weight is 533 g/mol. The van der Waals surface area contributed by atoms with Gasteiger partial charge in [-0.25, -0.2) is 9.78 Å². The van der Waals surface area contributed by atoms with Gasteiger partial charge in [0, 0.05) is 24.3 Å². The molecule has 0 spiro atoms. The molecule has 1 aromatic heterocycles. The number of alkyl halides is 3. The Morgan fingerprint density at radius 2 is 1.86 bits per heavy atom. The Bertz CT molecular complexity index is 1130. The molecule has 0 unspecified atom stereocenters. The monoisotopic (exact) mass is 532 g/mol. The minimum atomic E-state index is -5.08. The van der Waals surface area contributed by atoms with Gasteiger partial charge in [-0.05, 0) is 50.3 Å². The highest BCUT2D eigenvalue weighted by Gasteiger charge is 2.38. The largest absolute Gasteiger partial charge is 0.490 e. The molecule has 0 radical (unpaired) electrons. The first-order valence-electron chi connectivity index (χ1n) is 11.0. The van der Waals surface area contributed by atoms with Crippen LogP contribution >= 0.6 is 11.6 Å². The first-order valence-corrected chi connectivity index (χ1v) is 11.4. The number of nitrogens with two attached hydrogens (primary N) is 2. The lowest BCUT2D eigenvalue weighted by Crippen LogP contribution is -2.37. The number of benzene rings is 1. The molecule has 0 saturated heterocycles. The second kappa shape index (κ2) is 12.7. The number of carboxylic acid groups (broad SMARTS) is 1. The molecule has 7 N–H and O–H groups in total. The van der Waals surface area contributed by atoms with E-state index in [0.29, 0.717) is 17.9 Å². The molecule has 3 rings (SSSR count). The second-order valence-corrected chi connectivity index (χ2v) is 8.60. The normalized spacial score (nSPS) is 17.5. The van der Waals surface area contributed by atoms with Gasteiger partial charge < -0.3 is 27.2 Å². The summed E-state index contributed by atoms with van der Waals surface area (Å²) in [6.45, 7) is 1.88. The van der Waals surface area contributed by atoms with E-state index < -0.39 is 12.1 Å². The van der Waals surface area contributed by atoms with Gasteiger partial charge in [0.15, 0.2) is 11.0 Å². The zero-order valence-electron chi connectivity index (χ0n) is 19.4. The molecule has 1 fully saturated rings. The Balaban J connectivity index is 0.000000572. The molecule has 0 bridgehead atoms.